The molecule has 1 atom stereocenters. The zero-order valence-electron chi connectivity index (χ0n) is 16.0. The van der Waals surface area contributed by atoms with E-state index in [0.717, 1.165) is 44.5 Å². The Morgan fingerprint density at radius 3 is 2.71 bits per heavy atom. The third-order valence-corrected chi connectivity index (χ3v) is 6.28. The highest BCUT2D eigenvalue weighted by Gasteiger charge is 2.32. The molecule has 2 saturated heterocycles. The number of rotatable bonds is 2. The average Bonchev–Trinajstić information content (AvgIpc) is 3.31. The molecule has 0 aromatic heterocycles. The molecule has 3 aliphatic rings. The second-order valence-electron chi connectivity index (χ2n) is 8.07. The van der Waals surface area contributed by atoms with Gasteiger partial charge in [0.1, 0.15) is 0 Å². The molecule has 2 aliphatic heterocycles. The van der Waals surface area contributed by atoms with E-state index in [4.69, 9.17) is 0 Å². The quantitative estimate of drug-likeness (QED) is 0.739. The van der Waals surface area contributed by atoms with Crippen LogP contribution in [0.5, 0.6) is 0 Å². The molecule has 2 aromatic carbocycles. The number of carbonyl (C=O) groups excluding carboxylic acids is 2. The third-order valence-electron chi connectivity index (χ3n) is 6.28. The molecule has 3 amide bonds. The molecule has 0 unspecified atom stereocenters. The molecule has 2 aromatic rings. The molecule has 5 nitrogen and oxygen atoms in total. The van der Waals surface area contributed by atoms with Crippen LogP contribution in [0.3, 0.4) is 0 Å². The number of nitrogens with one attached hydrogen (secondary N) is 1. The Kier molecular flexibility index (Phi) is 4.30. The van der Waals surface area contributed by atoms with Gasteiger partial charge in [0.25, 0.3) is 0 Å². The van der Waals surface area contributed by atoms with Gasteiger partial charge in [0.2, 0.25) is 5.91 Å². The Bertz CT molecular complexity index is 939. The normalized spacial score (nSPS) is 20.9. The van der Waals surface area contributed by atoms with Crippen LogP contribution in [0.4, 0.5) is 10.5 Å². The molecule has 1 N–H and O–H groups in total. The SMILES string of the molecule is O=C(Nc1ccc2c(c1)Cc1ccccc1-2)N1CCC[C@@H](N2CCCC2=O)C1. The van der Waals surface area contributed by atoms with Crippen molar-refractivity contribution in [2.24, 2.45) is 0 Å². The van der Waals surface area contributed by atoms with Gasteiger partial charge in [0.05, 0.1) is 0 Å². The number of hydrogen-bond acceptors (Lipinski definition) is 2. The number of likely N-dealkylation sites (tertiary alicyclic amines) is 2. The van der Waals surface area contributed by atoms with Crippen molar-refractivity contribution in [2.75, 3.05) is 25.0 Å². The number of carbonyl (C=O) groups is 2. The number of anilines is 1. The molecule has 0 radical (unpaired) electrons. The van der Waals surface area contributed by atoms with Crippen LogP contribution < -0.4 is 5.32 Å². The van der Waals surface area contributed by atoms with Gasteiger partial charge in [-0.3, -0.25) is 4.79 Å². The van der Waals surface area contributed by atoms with Crippen molar-refractivity contribution < 1.29 is 9.59 Å². The van der Waals surface area contributed by atoms with Gasteiger partial charge >= 0.3 is 6.03 Å². The Labute approximate surface area is 165 Å². The minimum atomic E-state index is -0.0631. The maximum Gasteiger partial charge on any atom is 0.321 e. The lowest BCUT2D eigenvalue weighted by Crippen LogP contribution is -2.51. The summed E-state index contributed by atoms with van der Waals surface area (Å²) >= 11 is 0. The Morgan fingerprint density at radius 2 is 1.86 bits per heavy atom. The van der Waals surface area contributed by atoms with Crippen LogP contribution in [0.1, 0.15) is 36.8 Å². The first-order valence-corrected chi connectivity index (χ1v) is 10.3. The van der Waals surface area contributed by atoms with Crippen LogP contribution in [0, 0.1) is 0 Å². The van der Waals surface area contributed by atoms with Crippen LogP contribution in [0.25, 0.3) is 11.1 Å². The first-order chi connectivity index (χ1) is 13.7. The minimum Gasteiger partial charge on any atom is -0.338 e. The lowest BCUT2D eigenvalue weighted by molar-refractivity contribution is -0.130. The fraction of sp³-hybridized carbons (Fsp3) is 0.391. The smallest absolute Gasteiger partial charge is 0.321 e. The maximum atomic E-state index is 12.8. The number of benzene rings is 2. The number of amides is 3. The zero-order valence-corrected chi connectivity index (χ0v) is 16.0. The summed E-state index contributed by atoms with van der Waals surface area (Å²) in [5.74, 6) is 0.241. The summed E-state index contributed by atoms with van der Waals surface area (Å²) in [6.07, 6.45) is 4.45. The Morgan fingerprint density at radius 1 is 1.00 bits per heavy atom. The van der Waals surface area contributed by atoms with Gasteiger partial charge in [0, 0.05) is 37.8 Å². The topological polar surface area (TPSA) is 52.7 Å². The maximum absolute atomic E-state index is 12.8. The van der Waals surface area contributed by atoms with E-state index in [1.165, 1.54) is 22.3 Å². The van der Waals surface area contributed by atoms with E-state index in [1.807, 2.05) is 15.9 Å². The predicted molar refractivity (Wildman–Crippen MR) is 109 cm³/mol. The molecule has 5 heteroatoms. The highest BCUT2D eigenvalue weighted by molar-refractivity contribution is 5.91. The molecule has 144 valence electrons. The number of urea groups is 1. The fourth-order valence-corrected chi connectivity index (χ4v) is 4.87. The van der Waals surface area contributed by atoms with Crippen molar-refractivity contribution in [1.82, 2.24) is 9.80 Å². The van der Waals surface area contributed by atoms with Gasteiger partial charge < -0.3 is 15.1 Å². The molecular weight excluding hydrogens is 350 g/mol. The van der Waals surface area contributed by atoms with E-state index in [0.29, 0.717) is 13.0 Å². The second-order valence-corrected chi connectivity index (χ2v) is 8.07. The molecule has 0 bridgehead atoms. The van der Waals surface area contributed by atoms with Crippen molar-refractivity contribution in [2.45, 2.75) is 38.1 Å². The Hall–Kier alpha value is -2.82. The first-order valence-electron chi connectivity index (χ1n) is 10.3. The van der Waals surface area contributed by atoms with Gasteiger partial charge in [-0.15, -0.1) is 0 Å². The average molecular weight is 375 g/mol. The molecule has 0 spiro atoms. The summed E-state index contributed by atoms with van der Waals surface area (Å²) in [5.41, 5.74) is 6.01. The van der Waals surface area contributed by atoms with Crippen LogP contribution in [-0.2, 0) is 11.2 Å². The summed E-state index contributed by atoms with van der Waals surface area (Å²) in [7, 11) is 0. The van der Waals surface area contributed by atoms with Crippen LogP contribution in [0.2, 0.25) is 0 Å². The summed E-state index contributed by atoms with van der Waals surface area (Å²) in [4.78, 5) is 28.7. The van der Waals surface area contributed by atoms with Crippen molar-refractivity contribution in [3.63, 3.8) is 0 Å². The minimum absolute atomic E-state index is 0.0631. The van der Waals surface area contributed by atoms with Crippen LogP contribution in [-0.4, -0.2) is 47.4 Å². The van der Waals surface area contributed by atoms with Gasteiger partial charge in [0.15, 0.2) is 0 Å². The lowest BCUT2D eigenvalue weighted by atomic mass is 10.0. The molecule has 1 aliphatic carbocycles. The van der Waals surface area contributed by atoms with E-state index in [1.54, 1.807) is 0 Å². The highest BCUT2D eigenvalue weighted by Crippen LogP contribution is 2.37. The van der Waals surface area contributed by atoms with Crippen molar-refractivity contribution in [3.05, 3.63) is 53.6 Å². The van der Waals surface area contributed by atoms with Gasteiger partial charge in [-0.05, 0) is 60.1 Å². The molecule has 2 fully saturated rings. The number of hydrogen-bond donors (Lipinski definition) is 1. The predicted octanol–water partition coefficient (Wildman–Crippen LogP) is 3.88. The molecule has 0 saturated carbocycles. The second kappa shape index (κ2) is 6.97. The molecular formula is C23H25N3O2. The lowest BCUT2D eigenvalue weighted by Gasteiger charge is -2.37. The highest BCUT2D eigenvalue weighted by atomic mass is 16.2. The standard InChI is InChI=1S/C23H25N3O2/c27-22-8-4-12-26(22)19-6-3-11-25(15-19)23(28)24-18-9-10-21-17(14-18)13-16-5-1-2-7-20(16)21/h1-2,5,7,9-10,14,19H,3-4,6,8,11-13,15H2,(H,24,28)/t19-/m1/s1. The summed E-state index contributed by atoms with van der Waals surface area (Å²) < 4.78 is 0. The fourth-order valence-electron chi connectivity index (χ4n) is 4.87. The van der Waals surface area contributed by atoms with Crippen LogP contribution >= 0.6 is 0 Å². The summed E-state index contributed by atoms with van der Waals surface area (Å²) in [6.45, 7) is 2.22. The molecule has 2 heterocycles. The van der Waals surface area contributed by atoms with Crippen molar-refractivity contribution in [3.8, 4) is 11.1 Å². The molecule has 28 heavy (non-hydrogen) atoms. The number of piperidine rings is 1. The monoisotopic (exact) mass is 375 g/mol. The summed E-state index contributed by atoms with van der Waals surface area (Å²) in [6, 6.07) is 14.8. The van der Waals surface area contributed by atoms with Crippen molar-refractivity contribution >= 4 is 17.6 Å². The van der Waals surface area contributed by atoms with E-state index < -0.39 is 0 Å². The van der Waals surface area contributed by atoms with E-state index in [2.05, 4.69) is 41.7 Å². The third kappa shape index (κ3) is 3.05. The summed E-state index contributed by atoms with van der Waals surface area (Å²) in [5, 5.41) is 3.07. The van der Waals surface area contributed by atoms with Crippen LogP contribution in [0.15, 0.2) is 42.5 Å². The zero-order chi connectivity index (χ0) is 19.1. The van der Waals surface area contributed by atoms with Gasteiger partial charge in [-0.2, -0.15) is 0 Å². The van der Waals surface area contributed by atoms with Gasteiger partial charge in [-0.1, -0.05) is 30.3 Å². The van der Waals surface area contributed by atoms with Gasteiger partial charge in [-0.25, -0.2) is 4.79 Å². The first kappa shape index (κ1) is 17.3. The largest absolute Gasteiger partial charge is 0.338 e. The Balaban J connectivity index is 1.27. The van der Waals surface area contributed by atoms with E-state index >= 15 is 0 Å². The van der Waals surface area contributed by atoms with Crippen molar-refractivity contribution in [1.29, 1.82) is 0 Å². The number of fused-ring (bicyclic) bond motifs is 3. The number of nitrogens with zero attached hydrogens (tertiary/aromatic N) is 2. The van der Waals surface area contributed by atoms with E-state index in [9.17, 15) is 9.59 Å². The molecule has 5 rings (SSSR count). The van der Waals surface area contributed by atoms with E-state index in [-0.39, 0.29) is 18.0 Å².